The van der Waals surface area contributed by atoms with Crippen LogP contribution < -0.4 is 10.1 Å². The Hall–Kier alpha value is -1.17. The fourth-order valence-electron chi connectivity index (χ4n) is 0.730. The molecule has 0 saturated carbocycles. The zero-order chi connectivity index (χ0) is 10.8. The van der Waals surface area contributed by atoms with Gasteiger partial charge in [-0.05, 0) is 27.7 Å². The topological polar surface area (TPSA) is 64.1 Å². The van der Waals surface area contributed by atoms with E-state index >= 15 is 0 Å². The van der Waals surface area contributed by atoms with Crippen LogP contribution in [0.1, 0.15) is 26.6 Å². The Balaban J connectivity index is 2.50. The number of rotatable bonds is 1. The quantitative estimate of drug-likeness (QED) is 0.775. The van der Waals surface area contributed by atoms with Crippen molar-refractivity contribution in [2.75, 3.05) is 0 Å². The monoisotopic (exact) mass is 215 g/mol. The molecule has 1 N–H and O–H groups in total. The Morgan fingerprint density at radius 1 is 1.50 bits per heavy atom. The van der Waals surface area contributed by atoms with Crippen LogP contribution in [-0.4, -0.2) is 21.0 Å². The van der Waals surface area contributed by atoms with E-state index in [1.165, 1.54) is 0 Å². The highest BCUT2D eigenvalue weighted by Gasteiger charge is 2.16. The molecule has 5 nitrogen and oxygen atoms in total. The van der Waals surface area contributed by atoms with Gasteiger partial charge in [-0.25, -0.2) is 4.79 Å². The van der Waals surface area contributed by atoms with Gasteiger partial charge < -0.3 is 10.1 Å². The van der Waals surface area contributed by atoms with Crippen LogP contribution in [0.15, 0.2) is 0 Å². The number of nitrogens with zero attached hydrogens (tertiary/aromatic N) is 2. The van der Waals surface area contributed by atoms with Crippen molar-refractivity contribution in [2.24, 2.45) is 0 Å². The van der Waals surface area contributed by atoms with Crippen LogP contribution in [0, 0.1) is 6.92 Å². The molecule has 1 heterocycles. The third-order valence-electron chi connectivity index (χ3n) is 1.17. The van der Waals surface area contributed by atoms with Crippen LogP contribution in [0.2, 0.25) is 0 Å². The second-order valence-electron chi connectivity index (χ2n) is 3.87. The molecule has 0 saturated heterocycles. The highest BCUT2D eigenvalue weighted by Crippen LogP contribution is 2.13. The summed E-state index contributed by atoms with van der Waals surface area (Å²) in [6.07, 6.45) is -0.506. The number of amides is 1. The molecule has 14 heavy (non-hydrogen) atoms. The Labute approximate surface area is 86.7 Å². The maximum atomic E-state index is 11.2. The SMILES string of the molecule is Cc1nsc(OC(=O)NC(C)(C)C)n1. The van der Waals surface area contributed by atoms with Crippen LogP contribution in [0.4, 0.5) is 4.79 Å². The van der Waals surface area contributed by atoms with Gasteiger partial charge in [0.15, 0.2) is 0 Å². The lowest BCUT2D eigenvalue weighted by Gasteiger charge is -2.18. The van der Waals surface area contributed by atoms with Gasteiger partial charge in [0.2, 0.25) is 0 Å². The minimum atomic E-state index is -0.506. The van der Waals surface area contributed by atoms with E-state index in [1.54, 1.807) is 6.92 Å². The van der Waals surface area contributed by atoms with E-state index in [9.17, 15) is 4.79 Å². The van der Waals surface area contributed by atoms with E-state index in [4.69, 9.17) is 4.74 Å². The van der Waals surface area contributed by atoms with Crippen molar-refractivity contribution in [3.05, 3.63) is 5.82 Å². The highest BCUT2D eigenvalue weighted by atomic mass is 32.1. The number of aryl methyl sites for hydroxylation is 1. The first-order valence-corrected chi connectivity index (χ1v) is 4.94. The molecule has 0 aliphatic carbocycles. The predicted octanol–water partition coefficient (Wildman–Crippen LogP) is 1.73. The summed E-state index contributed by atoms with van der Waals surface area (Å²) >= 11 is 1.06. The molecule has 0 atom stereocenters. The van der Waals surface area contributed by atoms with E-state index in [0.29, 0.717) is 5.82 Å². The third kappa shape index (κ3) is 3.69. The normalized spacial score (nSPS) is 11.1. The molecule has 1 rings (SSSR count). The standard InChI is InChI=1S/C8H13N3O2S/c1-5-9-7(14-11-5)13-6(12)10-8(2,3)4/h1-4H3,(H,10,12). The van der Waals surface area contributed by atoms with E-state index in [1.807, 2.05) is 20.8 Å². The first kappa shape index (κ1) is 10.9. The van der Waals surface area contributed by atoms with Gasteiger partial charge in [0.05, 0.1) is 0 Å². The highest BCUT2D eigenvalue weighted by molar-refractivity contribution is 7.07. The summed E-state index contributed by atoms with van der Waals surface area (Å²) in [4.78, 5) is 15.1. The van der Waals surface area contributed by atoms with E-state index < -0.39 is 6.09 Å². The summed E-state index contributed by atoms with van der Waals surface area (Å²) in [5.74, 6) is 0.605. The van der Waals surface area contributed by atoms with Crippen molar-refractivity contribution in [3.63, 3.8) is 0 Å². The number of hydrogen-bond acceptors (Lipinski definition) is 5. The zero-order valence-corrected chi connectivity index (χ0v) is 9.44. The molecular weight excluding hydrogens is 202 g/mol. The van der Waals surface area contributed by atoms with Gasteiger partial charge in [-0.2, -0.15) is 9.36 Å². The largest absolute Gasteiger partial charge is 0.415 e. The molecule has 6 heteroatoms. The Morgan fingerprint density at radius 2 is 2.14 bits per heavy atom. The van der Waals surface area contributed by atoms with Crippen molar-refractivity contribution < 1.29 is 9.53 Å². The summed E-state index contributed by atoms with van der Waals surface area (Å²) in [5, 5.41) is 2.92. The zero-order valence-electron chi connectivity index (χ0n) is 8.62. The van der Waals surface area contributed by atoms with E-state index in [2.05, 4.69) is 14.7 Å². The predicted molar refractivity (Wildman–Crippen MR) is 53.6 cm³/mol. The summed E-state index contributed by atoms with van der Waals surface area (Å²) in [6.45, 7) is 7.36. The van der Waals surface area contributed by atoms with Crippen LogP contribution in [0.25, 0.3) is 0 Å². The summed E-state index contributed by atoms with van der Waals surface area (Å²) in [6, 6.07) is 0. The second kappa shape index (κ2) is 3.91. The van der Waals surface area contributed by atoms with Gasteiger partial charge >= 0.3 is 11.3 Å². The summed E-state index contributed by atoms with van der Waals surface area (Å²) in [7, 11) is 0. The maximum absolute atomic E-state index is 11.2. The first-order valence-electron chi connectivity index (χ1n) is 4.17. The number of aromatic nitrogens is 2. The molecular formula is C8H13N3O2S. The lowest BCUT2D eigenvalue weighted by atomic mass is 10.1. The van der Waals surface area contributed by atoms with Crippen molar-refractivity contribution in [3.8, 4) is 5.19 Å². The fraction of sp³-hybridized carbons (Fsp3) is 0.625. The Kier molecular flexibility index (Phi) is 3.05. The lowest BCUT2D eigenvalue weighted by Crippen LogP contribution is -2.42. The van der Waals surface area contributed by atoms with Crippen molar-refractivity contribution in [2.45, 2.75) is 33.2 Å². The molecule has 0 bridgehead atoms. The maximum Gasteiger partial charge on any atom is 0.415 e. The molecule has 78 valence electrons. The number of nitrogens with one attached hydrogen (secondary N) is 1. The van der Waals surface area contributed by atoms with Gasteiger partial charge in [0.25, 0.3) is 0 Å². The molecule has 0 radical (unpaired) electrons. The van der Waals surface area contributed by atoms with Gasteiger partial charge in [0, 0.05) is 17.1 Å². The first-order chi connectivity index (χ1) is 6.37. The Bertz CT molecular complexity index is 330. The number of carbonyl (C=O) groups excluding carboxylic acids is 1. The fourth-order valence-corrected chi connectivity index (χ4v) is 1.27. The molecule has 1 aromatic rings. The van der Waals surface area contributed by atoms with Gasteiger partial charge in [0.1, 0.15) is 5.82 Å². The van der Waals surface area contributed by atoms with Crippen molar-refractivity contribution >= 4 is 17.6 Å². The van der Waals surface area contributed by atoms with Gasteiger partial charge in [-0.1, -0.05) is 0 Å². The van der Waals surface area contributed by atoms with Crippen LogP contribution in [0.5, 0.6) is 5.19 Å². The molecule has 0 spiro atoms. The number of carbonyl (C=O) groups is 1. The summed E-state index contributed by atoms with van der Waals surface area (Å²) in [5.41, 5.74) is -0.309. The smallest absolute Gasteiger partial charge is 0.380 e. The number of hydrogen-bond donors (Lipinski definition) is 1. The molecule has 0 aliphatic rings. The van der Waals surface area contributed by atoms with Gasteiger partial charge in [-0.3, -0.25) is 0 Å². The van der Waals surface area contributed by atoms with E-state index in [-0.39, 0.29) is 10.7 Å². The second-order valence-corrected chi connectivity index (χ2v) is 4.59. The minimum absolute atomic E-state index is 0.268. The van der Waals surface area contributed by atoms with Crippen LogP contribution >= 0.6 is 11.5 Å². The molecule has 0 fully saturated rings. The molecule has 0 unspecified atom stereocenters. The van der Waals surface area contributed by atoms with Gasteiger partial charge in [-0.15, -0.1) is 0 Å². The molecule has 0 aliphatic heterocycles. The average Bonchev–Trinajstić information content (AvgIpc) is 2.30. The van der Waals surface area contributed by atoms with E-state index in [0.717, 1.165) is 11.5 Å². The van der Waals surface area contributed by atoms with Crippen LogP contribution in [-0.2, 0) is 0 Å². The third-order valence-corrected chi connectivity index (χ3v) is 1.85. The van der Waals surface area contributed by atoms with Crippen LogP contribution in [0.3, 0.4) is 0 Å². The Morgan fingerprint density at radius 3 is 2.57 bits per heavy atom. The average molecular weight is 215 g/mol. The molecule has 1 amide bonds. The molecule has 1 aromatic heterocycles. The minimum Gasteiger partial charge on any atom is -0.380 e. The molecule has 0 aromatic carbocycles. The summed E-state index contributed by atoms with van der Waals surface area (Å²) < 4.78 is 8.80. The number of ether oxygens (including phenoxy) is 1. The van der Waals surface area contributed by atoms with Crippen molar-refractivity contribution in [1.29, 1.82) is 0 Å². The van der Waals surface area contributed by atoms with Crippen molar-refractivity contribution in [1.82, 2.24) is 14.7 Å². The lowest BCUT2D eigenvalue weighted by molar-refractivity contribution is 0.190.